The first-order valence-corrected chi connectivity index (χ1v) is 15.5. The van der Waals surface area contributed by atoms with Crippen molar-refractivity contribution in [1.29, 1.82) is 0 Å². The Bertz CT molecular complexity index is 1620. The van der Waals surface area contributed by atoms with Crippen LogP contribution in [0, 0.1) is 0 Å². The summed E-state index contributed by atoms with van der Waals surface area (Å²) < 4.78 is 39.2. The van der Waals surface area contributed by atoms with E-state index in [1.54, 1.807) is 24.1 Å². The SMILES string of the molecule is COc1ccc(S(=O)(=O)N(CC(=O)N2CCCN(c3ccc(-c4cccc(OC)c4)nn3)CC2)Cc2ccccc2)cc1. The van der Waals surface area contributed by atoms with Crippen LogP contribution < -0.4 is 14.4 Å². The van der Waals surface area contributed by atoms with Crippen LogP contribution in [0.1, 0.15) is 12.0 Å². The Morgan fingerprint density at radius 3 is 2.28 bits per heavy atom. The van der Waals surface area contributed by atoms with Gasteiger partial charge in [0.2, 0.25) is 15.9 Å². The first kappa shape index (κ1) is 30.0. The molecular weight excluding hydrogens is 566 g/mol. The van der Waals surface area contributed by atoms with Crippen molar-refractivity contribution in [2.24, 2.45) is 0 Å². The smallest absolute Gasteiger partial charge is 0.243 e. The van der Waals surface area contributed by atoms with Gasteiger partial charge >= 0.3 is 0 Å². The summed E-state index contributed by atoms with van der Waals surface area (Å²) in [7, 11) is -0.808. The zero-order chi connectivity index (χ0) is 30.2. The lowest BCUT2D eigenvalue weighted by Gasteiger charge is -2.27. The summed E-state index contributed by atoms with van der Waals surface area (Å²) in [5.74, 6) is 1.79. The lowest BCUT2D eigenvalue weighted by Crippen LogP contribution is -2.44. The van der Waals surface area contributed by atoms with E-state index >= 15 is 0 Å². The van der Waals surface area contributed by atoms with E-state index in [0.717, 1.165) is 34.8 Å². The number of methoxy groups -OCH3 is 2. The van der Waals surface area contributed by atoms with Crippen LogP contribution in [0.5, 0.6) is 11.5 Å². The van der Waals surface area contributed by atoms with Crippen molar-refractivity contribution in [3.63, 3.8) is 0 Å². The average Bonchev–Trinajstić information content (AvgIpc) is 3.32. The van der Waals surface area contributed by atoms with Crippen molar-refractivity contribution in [1.82, 2.24) is 19.4 Å². The van der Waals surface area contributed by atoms with E-state index in [-0.39, 0.29) is 23.9 Å². The van der Waals surface area contributed by atoms with Crippen molar-refractivity contribution >= 4 is 21.7 Å². The maximum absolute atomic E-state index is 13.7. The van der Waals surface area contributed by atoms with E-state index in [4.69, 9.17) is 9.47 Å². The molecule has 0 bridgehead atoms. The zero-order valence-corrected chi connectivity index (χ0v) is 25.1. The molecule has 1 amide bonds. The maximum Gasteiger partial charge on any atom is 0.243 e. The minimum Gasteiger partial charge on any atom is -0.497 e. The lowest BCUT2D eigenvalue weighted by molar-refractivity contribution is -0.131. The highest BCUT2D eigenvalue weighted by Crippen LogP contribution is 2.24. The molecular formula is C32H35N5O5S. The number of carbonyl (C=O) groups is 1. The fourth-order valence-corrected chi connectivity index (χ4v) is 6.36. The van der Waals surface area contributed by atoms with Gasteiger partial charge in [0.25, 0.3) is 0 Å². The Morgan fingerprint density at radius 1 is 0.814 bits per heavy atom. The van der Waals surface area contributed by atoms with Crippen LogP contribution in [0.2, 0.25) is 0 Å². The van der Waals surface area contributed by atoms with Gasteiger partial charge in [-0.05, 0) is 60.5 Å². The van der Waals surface area contributed by atoms with E-state index in [0.29, 0.717) is 31.9 Å². The molecule has 4 aromatic rings. The number of amides is 1. The predicted octanol–water partition coefficient (Wildman–Crippen LogP) is 4.09. The molecule has 2 heterocycles. The molecule has 224 valence electrons. The fraction of sp³-hybridized carbons (Fsp3) is 0.281. The molecule has 1 aromatic heterocycles. The molecule has 10 nitrogen and oxygen atoms in total. The molecule has 3 aromatic carbocycles. The van der Waals surface area contributed by atoms with Gasteiger partial charge in [0.05, 0.1) is 31.4 Å². The molecule has 1 aliphatic rings. The van der Waals surface area contributed by atoms with Crippen molar-refractivity contribution < 1.29 is 22.7 Å². The van der Waals surface area contributed by atoms with Gasteiger partial charge in [0.1, 0.15) is 11.5 Å². The molecule has 11 heteroatoms. The molecule has 1 aliphatic heterocycles. The normalized spacial score (nSPS) is 13.9. The monoisotopic (exact) mass is 601 g/mol. The molecule has 0 spiro atoms. The zero-order valence-electron chi connectivity index (χ0n) is 24.3. The number of hydrogen-bond donors (Lipinski definition) is 0. The Morgan fingerprint density at radius 2 is 1.58 bits per heavy atom. The van der Waals surface area contributed by atoms with Gasteiger partial charge in [-0.15, -0.1) is 10.2 Å². The second kappa shape index (κ2) is 13.7. The molecule has 0 unspecified atom stereocenters. The van der Waals surface area contributed by atoms with Gasteiger partial charge in [0.15, 0.2) is 5.82 Å². The second-order valence-electron chi connectivity index (χ2n) is 10.2. The predicted molar refractivity (Wildman–Crippen MR) is 164 cm³/mol. The summed E-state index contributed by atoms with van der Waals surface area (Å²) in [6.45, 7) is 2.04. The molecule has 43 heavy (non-hydrogen) atoms. The Balaban J connectivity index is 1.27. The number of aromatic nitrogens is 2. The number of benzene rings is 3. The highest BCUT2D eigenvalue weighted by atomic mass is 32.2. The van der Waals surface area contributed by atoms with Gasteiger partial charge in [-0.25, -0.2) is 8.42 Å². The van der Waals surface area contributed by atoms with Crippen LogP contribution >= 0.6 is 0 Å². The Hall–Kier alpha value is -4.48. The van der Waals surface area contributed by atoms with Gasteiger partial charge in [-0.2, -0.15) is 4.31 Å². The number of carbonyl (C=O) groups excluding carboxylic acids is 1. The third kappa shape index (κ3) is 7.30. The quantitative estimate of drug-likeness (QED) is 0.268. The summed E-state index contributed by atoms with van der Waals surface area (Å²) >= 11 is 0. The van der Waals surface area contributed by atoms with Crippen LogP contribution in [-0.2, 0) is 21.4 Å². The number of anilines is 1. The van der Waals surface area contributed by atoms with E-state index in [1.165, 1.54) is 23.5 Å². The number of nitrogens with zero attached hydrogens (tertiary/aromatic N) is 5. The number of hydrogen-bond acceptors (Lipinski definition) is 8. The van der Waals surface area contributed by atoms with Crippen LogP contribution in [0.25, 0.3) is 11.3 Å². The molecule has 0 aliphatic carbocycles. The highest BCUT2D eigenvalue weighted by Gasteiger charge is 2.30. The molecule has 0 N–H and O–H groups in total. The summed E-state index contributed by atoms with van der Waals surface area (Å²) in [4.78, 5) is 17.5. The number of sulfonamides is 1. The summed E-state index contributed by atoms with van der Waals surface area (Å²) in [5.41, 5.74) is 2.45. The minimum absolute atomic E-state index is 0.0795. The molecule has 0 radical (unpaired) electrons. The van der Waals surface area contributed by atoms with Gasteiger partial charge in [0, 0.05) is 38.3 Å². The second-order valence-corrected chi connectivity index (χ2v) is 12.1. The van der Waals surface area contributed by atoms with Crippen molar-refractivity contribution in [2.75, 3.05) is 51.8 Å². The van der Waals surface area contributed by atoms with Crippen molar-refractivity contribution in [3.05, 3.63) is 96.6 Å². The number of rotatable bonds is 10. The van der Waals surface area contributed by atoms with Gasteiger partial charge in [-0.3, -0.25) is 4.79 Å². The largest absolute Gasteiger partial charge is 0.497 e. The fourth-order valence-electron chi connectivity index (χ4n) is 4.99. The molecule has 1 saturated heterocycles. The van der Waals surface area contributed by atoms with Gasteiger partial charge < -0.3 is 19.3 Å². The van der Waals surface area contributed by atoms with E-state index in [1.807, 2.05) is 66.7 Å². The first-order valence-electron chi connectivity index (χ1n) is 14.1. The third-order valence-electron chi connectivity index (χ3n) is 7.40. The van der Waals surface area contributed by atoms with Crippen LogP contribution in [0.15, 0.2) is 95.9 Å². The summed E-state index contributed by atoms with van der Waals surface area (Å²) in [5, 5.41) is 8.88. The van der Waals surface area contributed by atoms with Crippen LogP contribution in [-0.4, -0.2) is 80.7 Å². The Kier molecular flexibility index (Phi) is 9.53. The molecule has 0 saturated carbocycles. The van der Waals surface area contributed by atoms with Crippen molar-refractivity contribution in [2.45, 2.75) is 17.9 Å². The summed E-state index contributed by atoms with van der Waals surface area (Å²) in [6, 6.07) is 27.0. The Labute approximate surface area is 252 Å². The topological polar surface area (TPSA) is 105 Å². The van der Waals surface area contributed by atoms with E-state index in [2.05, 4.69) is 15.1 Å². The number of ether oxygens (including phenoxy) is 2. The molecule has 5 rings (SSSR count). The van der Waals surface area contributed by atoms with Crippen LogP contribution in [0.3, 0.4) is 0 Å². The molecule has 1 fully saturated rings. The lowest BCUT2D eigenvalue weighted by atomic mass is 10.1. The standard InChI is InChI=1S/C32H35N5O5S/c1-41-27-12-14-29(15-13-27)43(39,40)37(23-25-8-4-3-5-9-25)24-32(38)36-19-7-18-35(20-21-36)31-17-16-30(33-34-31)26-10-6-11-28(22-26)42-2/h3-6,8-17,22H,7,18-21,23-24H2,1-2H3. The average molecular weight is 602 g/mol. The van der Waals surface area contributed by atoms with E-state index < -0.39 is 10.0 Å². The third-order valence-corrected chi connectivity index (χ3v) is 9.21. The summed E-state index contributed by atoms with van der Waals surface area (Å²) in [6.07, 6.45) is 0.717. The van der Waals surface area contributed by atoms with Gasteiger partial charge in [-0.1, -0.05) is 42.5 Å². The minimum atomic E-state index is -3.96. The maximum atomic E-state index is 13.7. The first-order chi connectivity index (χ1) is 20.9. The van der Waals surface area contributed by atoms with Crippen LogP contribution in [0.4, 0.5) is 5.82 Å². The van der Waals surface area contributed by atoms with Crippen molar-refractivity contribution in [3.8, 4) is 22.8 Å². The van der Waals surface area contributed by atoms with E-state index in [9.17, 15) is 13.2 Å². The molecule has 0 atom stereocenters. The highest BCUT2D eigenvalue weighted by molar-refractivity contribution is 7.89.